The van der Waals surface area contributed by atoms with E-state index in [1.165, 1.54) is 19.2 Å². The van der Waals surface area contributed by atoms with Crippen LogP contribution < -0.4 is 0 Å². The SMILES string of the molecule is COC(=O)C1(c2nc3ccc(F)cc3[nH]2)CC1. The Hall–Kier alpha value is -1.91. The fourth-order valence-corrected chi connectivity index (χ4v) is 2.07. The number of nitrogens with zero attached hydrogens (tertiary/aromatic N) is 1. The zero-order valence-electron chi connectivity index (χ0n) is 9.29. The Kier molecular flexibility index (Phi) is 1.98. The molecule has 1 N–H and O–H groups in total. The van der Waals surface area contributed by atoms with Gasteiger partial charge in [-0.05, 0) is 31.0 Å². The lowest BCUT2D eigenvalue weighted by atomic mass is 10.1. The van der Waals surface area contributed by atoms with Crippen molar-refractivity contribution in [2.24, 2.45) is 0 Å². The Labute approximate surface area is 96.8 Å². The first-order chi connectivity index (χ1) is 8.15. The minimum atomic E-state index is -0.635. The standard InChI is InChI=1S/C12H11FN2O2/c1-17-11(16)12(4-5-12)10-14-8-3-2-7(13)6-9(8)15-10/h2-3,6H,4-5H2,1H3,(H,14,15). The van der Waals surface area contributed by atoms with E-state index < -0.39 is 5.41 Å². The summed E-state index contributed by atoms with van der Waals surface area (Å²) in [5.74, 6) is -0.0300. The fraction of sp³-hybridized carbons (Fsp3) is 0.333. The number of hydrogen-bond acceptors (Lipinski definition) is 3. The molecule has 0 bridgehead atoms. The molecule has 0 saturated heterocycles. The number of aromatic nitrogens is 2. The molecule has 3 rings (SSSR count). The van der Waals surface area contributed by atoms with Gasteiger partial charge in [-0.2, -0.15) is 0 Å². The molecule has 5 heteroatoms. The van der Waals surface area contributed by atoms with Crippen LogP contribution in [0.4, 0.5) is 4.39 Å². The number of esters is 1. The van der Waals surface area contributed by atoms with E-state index in [2.05, 4.69) is 9.97 Å². The molecule has 1 aliphatic rings. The van der Waals surface area contributed by atoms with Crippen molar-refractivity contribution in [1.29, 1.82) is 0 Å². The van der Waals surface area contributed by atoms with Crippen molar-refractivity contribution in [2.45, 2.75) is 18.3 Å². The molecule has 2 aromatic rings. The summed E-state index contributed by atoms with van der Waals surface area (Å²) in [6, 6.07) is 4.32. The Morgan fingerprint density at radius 1 is 1.53 bits per heavy atom. The molecule has 4 nitrogen and oxygen atoms in total. The number of nitrogens with one attached hydrogen (secondary N) is 1. The first-order valence-electron chi connectivity index (χ1n) is 5.40. The third kappa shape index (κ3) is 1.42. The van der Waals surface area contributed by atoms with Crippen LogP contribution in [0.15, 0.2) is 18.2 Å². The first-order valence-corrected chi connectivity index (χ1v) is 5.40. The molecular formula is C12H11FN2O2. The van der Waals surface area contributed by atoms with Crippen LogP contribution in [-0.2, 0) is 14.9 Å². The van der Waals surface area contributed by atoms with Gasteiger partial charge in [-0.15, -0.1) is 0 Å². The second kappa shape index (κ2) is 3.29. The lowest BCUT2D eigenvalue weighted by Gasteiger charge is -2.08. The summed E-state index contributed by atoms with van der Waals surface area (Å²) in [5.41, 5.74) is 0.635. The van der Waals surface area contributed by atoms with Gasteiger partial charge in [0.15, 0.2) is 0 Å². The molecule has 17 heavy (non-hydrogen) atoms. The van der Waals surface area contributed by atoms with Crippen LogP contribution in [0.1, 0.15) is 18.7 Å². The molecule has 1 aliphatic carbocycles. The smallest absolute Gasteiger partial charge is 0.319 e. The van der Waals surface area contributed by atoms with Crippen molar-refractivity contribution in [2.75, 3.05) is 7.11 Å². The van der Waals surface area contributed by atoms with Crippen molar-refractivity contribution >= 4 is 17.0 Å². The highest BCUT2D eigenvalue weighted by Gasteiger charge is 2.55. The third-order valence-corrected chi connectivity index (χ3v) is 3.22. The molecule has 1 fully saturated rings. The Bertz CT molecular complexity index is 602. The quantitative estimate of drug-likeness (QED) is 0.807. The van der Waals surface area contributed by atoms with Crippen molar-refractivity contribution in [3.05, 3.63) is 29.8 Å². The largest absolute Gasteiger partial charge is 0.468 e. The Balaban J connectivity index is 2.10. The summed E-state index contributed by atoms with van der Waals surface area (Å²) >= 11 is 0. The van der Waals surface area contributed by atoms with E-state index in [1.807, 2.05) is 0 Å². The average molecular weight is 234 g/mol. The van der Waals surface area contributed by atoms with Crippen LogP contribution in [0.25, 0.3) is 11.0 Å². The van der Waals surface area contributed by atoms with Gasteiger partial charge in [0.1, 0.15) is 17.1 Å². The maximum Gasteiger partial charge on any atom is 0.319 e. The number of carbonyl (C=O) groups excluding carboxylic acids is 1. The summed E-state index contributed by atoms with van der Waals surface area (Å²) in [6.07, 6.45) is 1.45. The predicted molar refractivity (Wildman–Crippen MR) is 59.0 cm³/mol. The second-order valence-electron chi connectivity index (χ2n) is 4.32. The zero-order valence-corrected chi connectivity index (χ0v) is 9.29. The van der Waals surface area contributed by atoms with Gasteiger partial charge in [-0.3, -0.25) is 4.79 Å². The van der Waals surface area contributed by atoms with Gasteiger partial charge in [-0.25, -0.2) is 9.37 Å². The highest BCUT2D eigenvalue weighted by molar-refractivity contribution is 5.87. The Morgan fingerprint density at radius 2 is 2.29 bits per heavy atom. The monoisotopic (exact) mass is 234 g/mol. The number of rotatable bonds is 2. The molecule has 0 unspecified atom stereocenters. The zero-order chi connectivity index (χ0) is 12.0. The van der Waals surface area contributed by atoms with Crippen molar-refractivity contribution in [3.63, 3.8) is 0 Å². The summed E-state index contributed by atoms with van der Waals surface area (Å²) < 4.78 is 17.8. The molecule has 1 aromatic carbocycles. The van der Waals surface area contributed by atoms with E-state index >= 15 is 0 Å². The highest BCUT2D eigenvalue weighted by Crippen LogP contribution is 2.48. The second-order valence-corrected chi connectivity index (χ2v) is 4.32. The van der Waals surface area contributed by atoms with Crippen LogP contribution in [0, 0.1) is 5.82 Å². The maximum absolute atomic E-state index is 13.0. The molecule has 0 amide bonds. The topological polar surface area (TPSA) is 55.0 Å². The van der Waals surface area contributed by atoms with Crippen LogP contribution in [0.3, 0.4) is 0 Å². The third-order valence-electron chi connectivity index (χ3n) is 3.22. The van der Waals surface area contributed by atoms with Crippen LogP contribution in [0.2, 0.25) is 0 Å². The molecule has 0 aliphatic heterocycles. The van der Waals surface area contributed by atoms with Gasteiger partial charge >= 0.3 is 5.97 Å². The minimum absolute atomic E-state index is 0.281. The van der Waals surface area contributed by atoms with Crippen molar-refractivity contribution < 1.29 is 13.9 Å². The van der Waals surface area contributed by atoms with E-state index in [0.29, 0.717) is 16.9 Å². The van der Waals surface area contributed by atoms with E-state index in [4.69, 9.17) is 4.74 Å². The number of ether oxygens (including phenoxy) is 1. The van der Waals surface area contributed by atoms with Gasteiger partial charge in [0.05, 0.1) is 18.1 Å². The Morgan fingerprint density at radius 3 is 2.94 bits per heavy atom. The molecule has 1 saturated carbocycles. The first kappa shape index (κ1) is 10.3. The lowest BCUT2D eigenvalue weighted by molar-refractivity contribution is -0.143. The summed E-state index contributed by atoms with van der Waals surface area (Å²) in [7, 11) is 1.37. The molecule has 88 valence electrons. The molecule has 1 heterocycles. The molecule has 0 atom stereocenters. The van der Waals surface area contributed by atoms with Crippen LogP contribution >= 0.6 is 0 Å². The lowest BCUT2D eigenvalue weighted by Crippen LogP contribution is -2.23. The van der Waals surface area contributed by atoms with E-state index in [9.17, 15) is 9.18 Å². The maximum atomic E-state index is 13.0. The van der Waals surface area contributed by atoms with Gasteiger partial charge < -0.3 is 9.72 Å². The van der Waals surface area contributed by atoms with Crippen molar-refractivity contribution in [1.82, 2.24) is 9.97 Å². The van der Waals surface area contributed by atoms with Gasteiger partial charge in [0.2, 0.25) is 0 Å². The fourth-order valence-electron chi connectivity index (χ4n) is 2.07. The number of carbonyl (C=O) groups is 1. The summed E-state index contributed by atoms with van der Waals surface area (Å²) in [4.78, 5) is 19.0. The number of imidazole rings is 1. The number of benzene rings is 1. The molecule has 0 radical (unpaired) electrons. The number of halogens is 1. The number of methoxy groups -OCH3 is 1. The van der Waals surface area contributed by atoms with Gasteiger partial charge in [0, 0.05) is 0 Å². The average Bonchev–Trinajstić information content (AvgIpc) is 3.03. The number of aromatic amines is 1. The number of hydrogen-bond donors (Lipinski definition) is 1. The number of fused-ring (bicyclic) bond motifs is 1. The van der Waals surface area contributed by atoms with Crippen LogP contribution in [0.5, 0.6) is 0 Å². The molecular weight excluding hydrogens is 223 g/mol. The highest BCUT2D eigenvalue weighted by atomic mass is 19.1. The normalized spacial score (nSPS) is 17.1. The van der Waals surface area contributed by atoms with E-state index in [-0.39, 0.29) is 11.8 Å². The predicted octanol–water partition coefficient (Wildman–Crippen LogP) is 1.91. The molecule has 0 spiro atoms. The van der Waals surface area contributed by atoms with E-state index in [0.717, 1.165) is 12.8 Å². The summed E-state index contributed by atoms with van der Waals surface area (Å²) in [6.45, 7) is 0. The summed E-state index contributed by atoms with van der Waals surface area (Å²) in [5, 5.41) is 0. The number of H-pyrrole nitrogens is 1. The van der Waals surface area contributed by atoms with Gasteiger partial charge in [-0.1, -0.05) is 0 Å². The van der Waals surface area contributed by atoms with Crippen molar-refractivity contribution in [3.8, 4) is 0 Å². The van der Waals surface area contributed by atoms with E-state index in [1.54, 1.807) is 6.07 Å². The minimum Gasteiger partial charge on any atom is -0.468 e. The van der Waals surface area contributed by atoms with Gasteiger partial charge in [0.25, 0.3) is 0 Å². The molecule has 1 aromatic heterocycles. The van der Waals surface area contributed by atoms with Crippen LogP contribution in [-0.4, -0.2) is 23.0 Å².